The average molecular weight is 431 g/mol. The molecule has 0 saturated carbocycles. The van der Waals surface area contributed by atoms with E-state index >= 15 is 0 Å². The summed E-state index contributed by atoms with van der Waals surface area (Å²) in [6, 6.07) is 14.2. The summed E-state index contributed by atoms with van der Waals surface area (Å²) in [5, 5.41) is 5.29. The molecule has 0 aliphatic heterocycles. The maximum Gasteiger partial charge on any atom is 0.252 e. The summed E-state index contributed by atoms with van der Waals surface area (Å²) in [5.41, 5.74) is 4.85. The van der Waals surface area contributed by atoms with E-state index in [2.05, 4.69) is 20.5 Å². The van der Waals surface area contributed by atoms with Gasteiger partial charge in [-0.25, -0.2) is 10.4 Å². The number of aromatic nitrogens is 2. The van der Waals surface area contributed by atoms with Crippen LogP contribution in [-0.4, -0.2) is 16.2 Å². The molecule has 0 amide bonds. The summed E-state index contributed by atoms with van der Waals surface area (Å²) in [4.78, 5) is 18.7. The summed E-state index contributed by atoms with van der Waals surface area (Å²) in [6.45, 7) is 2.32. The number of H-pyrrole nitrogens is 1. The topological polar surface area (TPSA) is 79.4 Å². The van der Waals surface area contributed by atoms with Crippen molar-refractivity contribution in [3.8, 4) is 5.75 Å². The van der Waals surface area contributed by atoms with E-state index in [9.17, 15) is 4.79 Å². The molecule has 0 atom stereocenters. The number of para-hydroxylation sites is 1. The van der Waals surface area contributed by atoms with Crippen LogP contribution in [-0.2, 0) is 13.0 Å². The zero-order valence-electron chi connectivity index (χ0n) is 15.8. The Kier molecular flexibility index (Phi) is 7.27. The molecule has 0 bridgehead atoms. The van der Waals surface area contributed by atoms with Crippen molar-refractivity contribution in [3.05, 3.63) is 85.8 Å². The van der Waals surface area contributed by atoms with Crippen molar-refractivity contribution in [1.82, 2.24) is 9.97 Å². The standard InChI is InChI=1S/C21H20Cl2N4O2/c1-2-5-17-11-20(28)26-21(25-17)27-24-12-14-6-3-4-7-19(14)29-13-15-8-9-16(22)10-18(15)23/h3-4,6-12H,2,5,13H2,1H3,(H2,25,26,27,28)/b24-12+. The SMILES string of the molecule is CCCc1cc(=O)[nH]c(N/N=C/c2ccccc2OCc2ccc(Cl)cc2Cl)n1. The van der Waals surface area contributed by atoms with Crippen molar-refractivity contribution in [2.75, 3.05) is 5.43 Å². The van der Waals surface area contributed by atoms with Gasteiger partial charge in [0.1, 0.15) is 12.4 Å². The Morgan fingerprint density at radius 1 is 1.21 bits per heavy atom. The van der Waals surface area contributed by atoms with Crippen LogP contribution >= 0.6 is 23.2 Å². The second kappa shape index (κ2) is 10.1. The molecule has 0 spiro atoms. The number of nitrogens with one attached hydrogen (secondary N) is 2. The number of aryl methyl sites for hydroxylation is 1. The molecular formula is C21H20Cl2N4O2. The molecule has 0 saturated heterocycles. The van der Waals surface area contributed by atoms with Gasteiger partial charge in [-0.2, -0.15) is 5.10 Å². The zero-order valence-corrected chi connectivity index (χ0v) is 17.3. The summed E-state index contributed by atoms with van der Waals surface area (Å²) >= 11 is 12.1. The van der Waals surface area contributed by atoms with Crippen molar-refractivity contribution in [2.45, 2.75) is 26.4 Å². The Balaban J connectivity index is 1.69. The van der Waals surface area contributed by atoms with Crippen LogP contribution in [0, 0.1) is 0 Å². The summed E-state index contributed by atoms with van der Waals surface area (Å²) < 4.78 is 5.90. The van der Waals surface area contributed by atoms with Crippen molar-refractivity contribution in [1.29, 1.82) is 0 Å². The van der Waals surface area contributed by atoms with Crippen LogP contribution in [0.25, 0.3) is 0 Å². The number of hydrogen-bond donors (Lipinski definition) is 2. The highest BCUT2D eigenvalue weighted by Crippen LogP contribution is 2.24. The highest BCUT2D eigenvalue weighted by atomic mass is 35.5. The van der Waals surface area contributed by atoms with E-state index in [4.69, 9.17) is 27.9 Å². The number of rotatable bonds is 8. The van der Waals surface area contributed by atoms with E-state index in [0.717, 1.165) is 29.7 Å². The lowest BCUT2D eigenvalue weighted by Gasteiger charge is -2.10. The van der Waals surface area contributed by atoms with Gasteiger partial charge < -0.3 is 4.74 Å². The van der Waals surface area contributed by atoms with Crippen LogP contribution in [0.3, 0.4) is 0 Å². The molecule has 0 fully saturated rings. The Bertz CT molecular complexity index is 1070. The fourth-order valence-electron chi connectivity index (χ4n) is 2.62. The molecule has 0 aliphatic rings. The molecule has 6 nitrogen and oxygen atoms in total. The lowest BCUT2D eigenvalue weighted by atomic mass is 10.2. The van der Waals surface area contributed by atoms with Gasteiger partial charge in [0, 0.05) is 32.9 Å². The number of nitrogens with zero attached hydrogens (tertiary/aromatic N) is 2. The van der Waals surface area contributed by atoms with Crippen molar-refractivity contribution in [2.24, 2.45) is 5.10 Å². The van der Waals surface area contributed by atoms with Crippen LogP contribution < -0.4 is 15.7 Å². The Morgan fingerprint density at radius 3 is 2.83 bits per heavy atom. The fourth-order valence-corrected chi connectivity index (χ4v) is 3.08. The number of hydrogen-bond acceptors (Lipinski definition) is 5. The monoisotopic (exact) mass is 430 g/mol. The van der Waals surface area contributed by atoms with Gasteiger partial charge in [-0.05, 0) is 30.7 Å². The van der Waals surface area contributed by atoms with E-state index < -0.39 is 0 Å². The minimum Gasteiger partial charge on any atom is -0.488 e. The Labute approximate surface area is 178 Å². The average Bonchev–Trinajstić information content (AvgIpc) is 2.68. The molecule has 0 radical (unpaired) electrons. The number of aromatic amines is 1. The minimum absolute atomic E-state index is 0.218. The summed E-state index contributed by atoms with van der Waals surface area (Å²) in [6.07, 6.45) is 3.24. The quantitative estimate of drug-likeness (QED) is 0.386. The number of ether oxygens (including phenoxy) is 1. The number of anilines is 1. The molecular weight excluding hydrogens is 411 g/mol. The third-order valence-corrected chi connectivity index (χ3v) is 4.58. The van der Waals surface area contributed by atoms with E-state index in [-0.39, 0.29) is 5.56 Å². The van der Waals surface area contributed by atoms with Crippen LogP contribution in [0.2, 0.25) is 10.0 Å². The number of halogens is 2. The second-order valence-corrected chi connectivity index (χ2v) is 7.11. The molecule has 3 rings (SSSR count). The molecule has 150 valence electrons. The smallest absolute Gasteiger partial charge is 0.252 e. The zero-order chi connectivity index (χ0) is 20.6. The molecule has 29 heavy (non-hydrogen) atoms. The first-order valence-electron chi connectivity index (χ1n) is 9.10. The van der Waals surface area contributed by atoms with E-state index in [1.807, 2.05) is 37.3 Å². The van der Waals surface area contributed by atoms with Gasteiger partial charge in [-0.3, -0.25) is 9.78 Å². The molecule has 2 aromatic carbocycles. The molecule has 1 heterocycles. The Hall–Kier alpha value is -2.83. The molecule has 8 heteroatoms. The van der Waals surface area contributed by atoms with Crippen LogP contribution in [0.1, 0.15) is 30.2 Å². The van der Waals surface area contributed by atoms with Gasteiger partial charge in [0.05, 0.1) is 6.21 Å². The highest BCUT2D eigenvalue weighted by Gasteiger charge is 2.05. The lowest BCUT2D eigenvalue weighted by molar-refractivity contribution is 0.306. The summed E-state index contributed by atoms with van der Waals surface area (Å²) in [5.74, 6) is 0.939. The van der Waals surface area contributed by atoms with Crippen molar-refractivity contribution >= 4 is 35.4 Å². The van der Waals surface area contributed by atoms with Gasteiger partial charge in [-0.15, -0.1) is 0 Å². The van der Waals surface area contributed by atoms with Crippen LogP contribution in [0.15, 0.2) is 58.4 Å². The molecule has 1 aromatic heterocycles. The normalized spacial score (nSPS) is 11.0. The maximum absolute atomic E-state index is 11.7. The predicted molar refractivity (Wildman–Crippen MR) is 117 cm³/mol. The molecule has 0 unspecified atom stereocenters. The highest BCUT2D eigenvalue weighted by molar-refractivity contribution is 6.35. The third-order valence-electron chi connectivity index (χ3n) is 3.99. The lowest BCUT2D eigenvalue weighted by Crippen LogP contribution is -2.12. The maximum atomic E-state index is 11.7. The van der Waals surface area contributed by atoms with E-state index in [1.54, 1.807) is 18.3 Å². The first kappa shape index (κ1) is 20.9. The third kappa shape index (κ3) is 6.07. The number of benzene rings is 2. The largest absolute Gasteiger partial charge is 0.488 e. The van der Waals surface area contributed by atoms with Gasteiger partial charge in [-0.1, -0.05) is 54.7 Å². The molecule has 2 N–H and O–H groups in total. The predicted octanol–water partition coefficient (Wildman–Crippen LogP) is 5.05. The Morgan fingerprint density at radius 2 is 2.03 bits per heavy atom. The van der Waals surface area contributed by atoms with E-state index in [0.29, 0.717) is 28.3 Å². The molecule has 0 aliphatic carbocycles. The van der Waals surface area contributed by atoms with Gasteiger partial charge in [0.25, 0.3) is 5.56 Å². The first-order chi connectivity index (χ1) is 14.0. The van der Waals surface area contributed by atoms with Gasteiger partial charge in [0.2, 0.25) is 5.95 Å². The van der Waals surface area contributed by atoms with Crippen molar-refractivity contribution < 1.29 is 4.74 Å². The fraction of sp³-hybridized carbons (Fsp3) is 0.190. The van der Waals surface area contributed by atoms with Crippen molar-refractivity contribution in [3.63, 3.8) is 0 Å². The van der Waals surface area contributed by atoms with Gasteiger partial charge >= 0.3 is 0 Å². The van der Waals surface area contributed by atoms with Crippen LogP contribution in [0.5, 0.6) is 5.75 Å². The van der Waals surface area contributed by atoms with E-state index in [1.165, 1.54) is 6.07 Å². The molecule has 3 aromatic rings. The first-order valence-corrected chi connectivity index (χ1v) is 9.86. The van der Waals surface area contributed by atoms with Gasteiger partial charge in [0.15, 0.2) is 0 Å². The number of hydrazone groups is 1. The van der Waals surface area contributed by atoms with Crippen LogP contribution in [0.4, 0.5) is 5.95 Å². The second-order valence-electron chi connectivity index (χ2n) is 6.27. The summed E-state index contributed by atoms with van der Waals surface area (Å²) in [7, 11) is 0. The minimum atomic E-state index is -0.218.